The number of hydrogen-bond donors (Lipinski definition) is 2. The molecular formula is C15H31N3O. The molecule has 112 valence electrons. The average molecular weight is 269 g/mol. The third-order valence-corrected chi connectivity index (χ3v) is 4.74. The molecule has 0 amide bonds. The van der Waals surface area contributed by atoms with E-state index in [0.29, 0.717) is 6.04 Å². The molecule has 0 radical (unpaired) electrons. The molecule has 0 spiro atoms. The molecule has 2 aliphatic rings. The maximum atomic E-state index is 5.94. The fourth-order valence-corrected chi connectivity index (χ4v) is 3.59. The second-order valence-corrected chi connectivity index (χ2v) is 6.21. The van der Waals surface area contributed by atoms with Gasteiger partial charge in [-0.2, -0.15) is 0 Å². The van der Waals surface area contributed by atoms with Crippen molar-refractivity contribution in [1.29, 1.82) is 0 Å². The van der Waals surface area contributed by atoms with Crippen molar-refractivity contribution in [3.63, 3.8) is 0 Å². The van der Waals surface area contributed by atoms with Gasteiger partial charge in [0.05, 0.1) is 12.7 Å². The first-order valence-electron chi connectivity index (χ1n) is 8.13. The maximum absolute atomic E-state index is 5.94. The van der Waals surface area contributed by atoms with Crippen molar-refractivity contribution in [2.75, 3.05) is 26.2 Å². The van der Waals surface area contributed by atoms with E-state index in [1.165, 1.54) is 45.1 Å². The summed E-state index contributed by atoms with van der Waals surface area (Å²) in [6.07, 6.45) is 9.65. The van der Waals surface area contributed by atoms with Gasteiger partial charge in [0.15, 0.2) is 0 Å². The van der Waals surface area contributed by atoms with Gasteiger partial charge in [0.25, 0.3) is 0 Å². The molecule has 2 rings (SSSR count). The highest BCUT2D eigenvalue weighted by atomic mass is 16.5. The second-order valence-electron chi connectivity index (χ2n) is 6.21. The predicted octanol–water partition coefficient (Wildman–Crippen LogP) is 1.90. The number of hydrazine groups is 1. The molecule has 2 atom stereocenters. The Labute approximate surface area is 118 Å². The van der Waals surface area contributed by atoms with E-state index in [1.54, 1.807) is 0 Å². The maximum Gasteiger partial charge on any atom is 0.0868 e. The van der Waals surface area contributed by atoms with E-state index in [4.69, 9.17) is 10.6 Å². The summed E-state index contributed by atoms with van der Waals surface area (Å²) in [5.74, 6) is 6.70. The van der Waals surface area contributed by atoms with Crippen molar-refractivity contribution in [1.82, 2.24) is 10.3 Å². The summed E-state index contributed by atoms with van der Waals surface area (Å²) in [7, 11) is 0. The standard InChI is InChI=1S/C15H31N3O/c1-2-9-18-10-11-19-15(12-18)14(17-16)8-7-13-5-3-4-6-13/h13-15,17H,2-12,16H2,1H3. The minimum absolute atomic E-state index is 0.270. The van der Waals surface area contributed by atoms with Crippen LogP contribution in [0.15, 0.2) is 0 Å². The van der Waals surface area contributed by atoms with Gasteiger partial charge in [-0.15, -0.1) is 0 Å². The predicted molar refractivity (Wildman–Crippen MR) is 78.8 cm³/mol. The molecule has 1 aliphatic heterocycles. The fourth-order valence-electron chi connectivity index (χ4n) is 3.59. The van der Waals surface area contributed by atoms with Crippen LogP contribution in [-0.2, 0) is 4.74 Å². The van der Waals surface area contributed by atoms with E-state index in [2.05, 4.69) is 17.2 Å². The highest BCUT2D eigenvalue weighted by molar-refractivity contribution is 4.83. The molecule has 4 heteroatoms. The smallest absolute Gasteiger partial charge is 0.0868 e. The Kier molecular flexibility index (Phi) is 6.57. The van der Waals surface area contributed by atoms with E-state index < -0.39 is 0 Å². The third-order valence-electron chi connectivity index (χ3n) is 4.74. The van der Waals surface area contributed by atoms with Crippen LogP contribution < -0.4 is 11.3 Å². The van der Waals surface area contributed by atoms with Gasteiger partial charge in [-0.25, -0.2) is 0 Å². The largest absolute Gasteiger partial charge is 0.374 e. The van der Waals surface area contributed by atoms with E-state index >= 15 is 0 Å². The van der Waals surface area contributed by atoms with Crippen LogP contribution in [0.4, 0.5) is 0 Å². The van der Waals surface area contributed by atoms with Crippen molar-refractivity contribution < 1.29 is 4.74 Å². The zero-order valence-corrected chi connectivity index (χ0v) is 12.4. The zero-order valence-electron chi connectivity index (χ0n) is 12.4. The van der Waals surface area contributed by atoms with Crippen LogP contribution in [0.3, 0.4) is 0 Å². The molecule has 2 unspecified atom stereocenters. The molecule has 0 aromatic heterocycles. The molecule has 1 heterocycles. The molecule has 4 nitrogen and oxygen atoms in total. The lowest BCUT2D eigenvalue weighted by molar-refractivity contribution is -0.0484. The summed E-state index contributed by atoms with van der Waals surface area (Å²) in [6.45, 7) is 6.38. The Morgan fingerprint density at radius 1 is 1.37 bits per heavy atom. The monoisotopic (exact) mass is 269 g/mol. The van der Waals surface area contributed by atoms with Crippen molar-refractivity contribution >= 4 is 0 Å². The number of morpholine rings is 1. The third kappa shape index (κ3) is 4.71. The number of nitrogens with one attached hydrogen (secondary N) is 1. The van der Waals surface area contributed by atoms with Gasteiger partial charge >= 0.3 is 0 Å². The van der Waals surface area contributed by atoms with Crippen molar-refractivity contribution in [2.45, 2.75) is 64.0 Å². The van der Waals surface area contributed by atoms with Gasteiger partial charge in [0.2, 0.25) is 0 Å². The Bertz CT molecular complexity index is 242. The van der Waals surface area contributed by atoms with Gasteiger partial charge in [-0.3, -0.25) is 16.2 Å². The highest BCUT2D eigenvalue weighted by Crippen LogP contribution is 2.29. The summed E-state index contributed by atoms with van der Waals surface area (Å²) in [6, 6.07) is 0.320. The number of hydrogen-bond acceptors (Lipinski definition) is 4. The van der Waals surface area contributed by atoms with Crippen LogP contribution in [0.25, 0.3) is 0 Å². The normalized spacial score (nSPS) is 27.8. The van der Waals surface area contributed by atoms with E-state index in [1.807, 2.05) is 0 Å². The Hall–Kier alpha value is -0.160. The first-order chi connectivity index (χ1) is 9.33. The molecule has 0 bridgehead atoms. The van der Waals surface area contributed by atoms with E-state index in [0.717, 1.165) is 32.0 Å². The second kappa shape index (κ2) is 8.20. The fraction of sp³-hybridized carbons (Fsp3) is 1.00. The molecule has 1 saturated carbocycles. The zero-order chi connectivity index (χ0) is 13.5. The first kappa shape index (κ1) is 15.2. The highest BCUT2D eigenvalue weighted by Gasteiger charge is 2.28. The molecule has 1 saturated heterocycles. The number of ether oxygens (including phenoxy) is 1. The van der Waals surface area contributed by atoms with E-state index in [9.17, 15) is 0 Å². The van der Waals surface area contributed by atoms with Crippen LogP contribution in [0.2, 0.25) is 0 Å². The first-order valence-corrected chi connectivity index (χ1v) is 8.13. The minimum Gasteiger partial charge on any atom is -0.374 e. The minimum atomic E-state index is 0.270. The lowest BCUT2D eigenvalue weighted by Crippen LogP contribution is -2.54. The molecule has 1 aliphatic carbocycles. The van der Waals surface area contributed by atoms with Gasteiger partial charge in [0, 0.05) is 19.1 Å². The summed E-state index contributed by atoms with van der Waals surface area (Å²) in [4.78, 5) is 2.51. The molecular weight excluding hydrogens is 238 g/mol. The topological polar surface area (TPSA) is 50.5 Å². The molecule has 0 aromatic rings. The van der Waals surface area contributed by atoms with Crippen LogP contribution >= 0.6 is 0 Å². The van der Waals surface area contributed by atoms with Crippen molar-refractivity contribution in [3.8, 4) is 0 Å². The van der Waals surface area contributed by atoms with Gasteiger partial charge < -0.3 is 4.74 Å². The Morgan fingerprint density at radius 3 is 2.84 bits per heavy atom. The van der Waals surface area contributed by atoms with Gasteiger partial charge in [0.1, 0.15) is 0 Å². The Balaban J connectivity index is 1.75. The van der Waals surface area contributed by atoms with Crippen LogP contribution in [-0.4, -0.2) is 43.3 Å². The molecule has 2 fully saturated rings. The van der Waals surface area contributed by atoms with Crippen LogP contribution in [0.1, 0.15) is 51.9 Å². The van der Waals surface area contributed by atoms with Gasteiger partial charge in [-0.05, 0) is 31.7 Å². The van der Waals surface area contributed by atoms with Crippen LogP contribution in [0.5, 0.6) is 0 Å². The van der Waals surface area contributed by atoms with Crippen molar-refractivity contribution in [2.24, 2.45) is 11.8 Å². The lowest BCUT2D eigenvalue weighted by Gasteiger charge is -2.37. The molecule has 19 heavy (non-hydrogen) atoms. The lowest BCUT2D eigenvalue weighted by atomic mass is 9.95. The van der Waals surface area contributed by atoms with Crippen LogP contribution in [0, 0.1) is 5.92 Å². The number of nitrogens with two attached hydrogens (primary N) is 1. The van der Waals surface area contributed by atoms with Crippen molar-refractivity contribution in [3.05, 3.63) is 0 Å². The number of nitrogens with zero attached hydrogens (tertiary/aromatic N) is 1. The van der Waals surface area contributed by atoms with E-state index in [-0.39, 0.29) is 6.10 Å². The average Bonchev–Trinajstić information content (AvgIpc) is 2.94. The summed E-state index contributed by atoms with van der Waals surface area (Å²) in [5.41, 5.74) is 3.01. The Morgan fingerprint density at radius 2 is 2.16 bits per heavy atom. The molecule has 3 N–H and O–H groups in total. The number of rotatable bonds is 7. The quantitative estimate of drug-likeness (QED) is 0.547. The summed E-state index contributed by atoms with van der Waals surface area (Å²) in [5, 5.41) is 0. The summed E-state index contributed by atoms with van der Waals surface area (Å²) < 4.78 is 5.94. The SMILES string of the molecule is CCCN1CCOC(C(CCC2CCCC2)NN)C1. The molecule has 0 aromatic carbocycles. The van der Waals surface area contributed by atoms with Gasteiger partial charge in [-0.1, -0.05) is 32.6 Å². The summed E-state index contributed by atoms with van der Waals surface area (Å²) >= 11 is 0.